The summed E-state index contributed by atoms with van der Waals surface area (Å²) in [6.07, 6.45) is 0.717. The number of amides is 1. The molecule has 0 saturated heterocycles. The van der Waals surface area contributed by atoms with Crippen LogP contribution in [0.3, 0.4) is 0 Å². The Kier molecular flexibility index (Phi) is 4.00. The van der Waals surface area contributed by atoms with E-state index < -0.39 is 0 Å². The minimum Gasteiger partial charge on any atom is -0.352 e. The van der Waals surface area contributed by atoms with Crippen LogP contribution < -0.4 is 15.5 Å². The maximum atomic E-state index is 12.1. The number of benzene rings is 1. The second-order valence-corrected chi connectivity index (χ2v) is 5.06. The van der Waals surface area contributed by atoms with Crippen LogP contribution in [0.15, 0.2) is 12.1 Å². The summed E-state index contributed by atoms with van der Waals surface area (Å²) in [5.41, 5.74) is 1.15. The fourth-order valence-corrected chi connectivity index (χ4v) is 2.65. The number of hydrogen-bond acceptors (Lipinski definition) is 3. The molecule has 0 aromatic heterocycles. The number of nitrogens with one attached hydrogen (secondary N) is 2. The maximum Gasteiger partial charge on any atom is 0.256 e. The molecule has 1 heterocycles. The Balaban J connectivity index is 2.41. The van der Waals surface area contributed by atoms with Crippen molar-refractivity contribution in [1.29, 1.82) is 0 Å². The SMILES string of the molecule is CNCC[C@@H]1NC(=O)c2c(Cl)ccc(Cl)c2N1C. The van der Waals surface area contributed by atoms with Gasteiger partial charge in [0.15, 0.2) is 0 Å². The smallest absolute Gasteiger partial charge is 0.256 e. The minimum atomic E-state index is -0.170. The largest absolute Gasteiger partial charge is 0.352 e. The first-order valence-corrected chi connectivity index (χ1v) is 6.48. The van der Waals surface area contributed by atoms with Gasteiger partial charge >= 0.3 is 0 Å². The molecule has 0 unspecified atom stereocenters. The lowest BCUT2D eigenvalue weighted by Gasteiger charge is -2.37. The molecule has 2 N–H and O–H groups in total. The average molecular weight is 288 g/mol. The van der Waals surface area contributed by atoms with Crippen molar-refractivity contribution in [2.45, 2.75) is 12.6 Å². The molecule has 0 fully saturated rings. The number of carbonyl (C=O) groups excluding carboxylic acids is 1. The second-order valence-electron chi connectivity index (χ2n) is 4.25. The predicted molar refractivity (Wildman–Crippen MR) is 74.7 cm³/mol. The number of carbonyl (C=O) groups is 1. The van der Waals surface area contributed by atoms with Crippen LogP contribution in [0.1, 0.15) is 16.8 Å². The molecule has 1 aliphatic heterocycles. The Morgan fingerprint density at radius 1 is 1.39 bits per heavy atom. The highest BCUT2D eigenvalue weighted by Gasteiger charge is 2.31. The lowest BCUT2D eigenvalue weighted by Crippen LogP contribution is -2.52. The standard InChI is InChI=1S/C12H15Cl2N3O/c1-15-6-5-9-16-12(18)10-7(13)3-4-8(14)11(10)17(9)2/h3-4,9,15H,5-6H2,1-2H3,(H,16,18)/t9-/m1/s1. The molecule has 18 heavy (non-hydrogen) atoms. The summed E-state index contributed by atoms with van der Waals surface area (Å²) in [5, 5.41) is 6.96. The summed E-state index contributed by atoms with van der Waals surface area (Å²) in [5.74, 6) is -0.170. The van der Waals surface area contributed by atoms with Gasteiger partial charge in [0.2, 0.25) is 0 Å². The van der Waals surface area contributed by atoms with Gasteiger partial charge in [-0.05, 0) is 32.1 Å². The van der Waals surface area contributed by atoms with Crippen LogP contribution in [-0.4, -0.2) is 32.7 Å². The summed E-state index contributed by atoms with van der Waals surface area (Å²) in [6, 6.07) is 3.36. The van der Waals surface area contributed by atoms with Crippen molar-refractivity contribution in [3.63, 3.8) is 0 Å². The van der Waals surface area contributed by atoms with Gasteiger partial charge in [-0.1, -0.05) is 23.2 Å². The average Bonchev–Trinajstić information content (AvgIpc) is 2.34. The highest BCUT2D eigenvalue weighted by molar-refractivity contribution is 6.38. The molecular weight excluding hydrogens is 273 g/mol. The van der Waals surface area contributed by atoms with Crippen molar-refractivity contribution in [1.82, 2.24) is 10.6 Å². The highest BCUT2D eigenvalue weighted by atomic mass is 35.5. The third kappa shape index (κ3) is 2.28. The van der Waals surface area contributed by atoms with E-state index in [-0.39, 0.29) is 12.1 Å². The molecule has 1 aromatic rings. The summed E-state index contributed by atoms with van der Waals surface area (Å²) >= 11 is 12.2. The van der Waals surface area contributed by atoms with Crippen molar-refractivity contribution in [2.24, 2.45) is 0 Å². The first-order chi connectivity index (χ1) is 8.56. The van der Waals surface area contributed by atoms with Gasteiger partial charge in [-0.15, -0.1) is 0 Å². The Bertz CT molecular complexity index is 479. The third-order valence-electron chi connectivity index (χ3n) is 3.09. The molecule has 1 atom stereocenters. The fourth-order valence-electron chi connectivity index (χ4n) is 2.12. The predicted octanol–water partition coefficient (Wildman–Crippen LogP) is 2.11. The van der Waals surface area contributed by atoms with E-state index in [1.807, 2.05) is 19.0 Å². The molecule has 1 aromatic carbocycles. The van der Waals surface area contributed by atoms with Gasteiger partial charge in [0, 0.05) is 7.05 Å². The molecule has 0 bridgehead atoms. The Hall–Kier alpha value is -0.970. The number of fused-ring (bicyclic) bond motifs is 1. The van der Waals surface area contributed by atoms with Crippen molar-refractivity contribution >= 4 is 34.8 Å². The second kappa shape index (κ2) is 5.34. The summed E-state index contributed by atoms with van der Waals surface area (Å²) in [7, 11) is 3.78. The van der Waals surface area contributed by atoms with Crippen molar-refractivity contribution in [3.05, 3.63) is 27.7 Å². The van der Waals surface area contributed by atoms with E-state index in [4.69, 9.17) is 23.2 Å². The van der Waals surface area contributed by atoms with E-state index in [0.717, 1.165) is 13.0 Å². The molecule has 2 rings (SSSR count). The zero-order chi connectivity index (χ0) is 13.3. The van der Waals surface area contributed by atoms with Crippen LogP contribution in [0.25, 0.3) is 0 Å². The van der Waals surface area contributed by atoms with Crippen LogP contribution in [0.2, 0.25) is 10.0 Å². The van der Waals surface area contributed by atoms with E-state index in [2.05, 4.69) is 10.6 Å². The van der Waals surface area contributed by atoms with Gasteiger partial charge in [0.1, 0.15) is 6.17 Å². The van der Waals surface area contributed by atoms with Crippen LogP contribution in [0.4, 0.5) is 5.69 Å². The maximum absolute atomic E-state index is 12.1. The molecule has 1 aliphatic rings. The van der Waals surface area contributed by atoms with E-state index in [1.54, 1.807) is 12.1 Å². The van der Waals surface area contributed by atoms with Gasteiger partial charge in [-0.25, -0.2) is 0 Å². The van der Waals surface area contributed by atoms with Gasteiger partial charge < -0.3 is 15.5 Å². The first kappa shape index (κ1) is 13.5. The van der Waals surface area contributed by atoms with Crippen LogP contribution in [0, 0.1) is 0 Å². The van der Waals surface area contributed by atoms with E-state index in [0.29, 0.717) is 21.3 Å². The highest BCUT2D eigenvalue weighted by Crippen LogP contribution is 2.37. The number of rotatable bonds is 3. The fraction of sp³-hybridized carbons (Fsp3) is 0.417. The molecule has 6 heteroatoms. The summed E-state index contributed by atoms with van der Waals surface area (Å²) in [4.78, 5) is 14.0. The minimum absolute atomic E-state index is 0.0755. The van der Waals surface area contributed by atoms with E-state index in [9.17, 15) is 4.79 Å². The van der Waals surface area contributed by atoms with Crippen molar-refractivity contribution in [2.75, 3.05) is 25.5 Å². The van der Waals surface area contributed by atoms with E-state index in [1.165, 1.54) is 0 Å². The van der Waals surface area contributed by atoms with Crippen LogP contribution >= 0.6 is 23.2 Å². The number of nitrogens with zero attached hydrogens (tertiary/aromatic N) is 1. The van der Waals surface area contributed by atoms with E-state index >= 15 is 0 Å². The van der Waals surface area contributed by atoms with Gasteiger partial charge in [0.25, 0.3) is 5.91 Å². The summed E-state index contributed by atoms with van der Waals surface area (Å²) in [6.45, 7) is 0.808. The topological polar surface area (TPSA) is 44.4 Å². The van der Waals surface area contributed by atoms with Crippen molar-refractivity contribution in [3.8, 4) is 0 Å². The summed E-state index contributed by atoms with van der Waals surface area (Å²) < 4.78 is 0. The monoisotopic (exact) mass is 287 g/mol. The number of anilines is 1. The molecule has 0 spiro atoms. The van der Waals surface area contributed by atoms with Gasteiger partial charge in [-0.3, -0.25) is 4.79 Å². The lowest BCUT2D eigenvalue weighted by atomic mass is 10.1. The lowest BCUT2D eigenvalue weighted by molar-refractivity contribution is 0.0926. The molecule has 4 nitrogen and oxygen atoms in total. The first-order valence-electron chi connectivity index (χ1n) is 5.72. The zero-order valence-electron chi connectivity index (χ0n) is 10.3. The Morgan fingerprint density at radius 3 is 2.72 bits per heavy atom. The molecular formula is C12H15Cl2N3O. The molecule has 1 amide bonds. The Labute approximate surface area is 116 Å². The van der Waals surface area contributed by atoms with Gasteiger partial charge in [-0.2, -0.15) is 0 Å². The van der Waals surface area contributed by atoms with Crippen LogP contribution in [0.5, 0.6) is 0 Å². The number of hydrogen-bond donors (Lipinski definition) is 2. The molecule has 0 aliphatic carbocycles. The quantitative estimate of drug-likeness (QED) is 0.895. The molecule has 0 radical (unpaired) electrons. The molecule has 0 saturated carbocycles. The Morgan fingerprint density at radius 2 is 2.06 bits per heavy atom. The number of halogens is 2. The zero-order valence-corrected chi connectivity index (χ0v) is 11.8. The normalized spacial score (nSPS) is 18.6. The third-order valence-corrected chi connectivity index (χ3v) is 3.71. The van der Waals surface area contributed by atoms with Crippen LogP contribution in [-0.2, 0) is 0 Å². The van der Waals surface area contributed by atoms with Gasteiger partial charge in [0.05, 0.1) is 21.3 Å². The van der Waals surface area contributed by atoms with Crippen molar-refractivity contribution < 1.29 is 4.79 Å². The molecule has 98 valence electrons.